The average Bonchev–Trinajstić information content (AvgIpc) is 2.87. The Morgan fingerprint density at radius 1 is 1.20 bits per heavy atom. The number of carbonyl (C=O) groups excluding carboxylic acids is 1. The summed E-state index contributed by atoms with van der Waals surface area (Å²) < 4.78 is 48.5. The predicted octanol–water partition coefficient (Wildman–Crippen LogP) is 3.71. The van der Waals surface area contributed by atoms with Gasteiger partial charge in [-0.15, -0.1) is 0 Å². The van der Waals surface area contributed by atoms with E-state index in [0.717, 1.165) is 0 Å². The van der Waals surface area contributed by atoms with Crippen molar-refractivity contribution in [2.45, 2.75) is 83.3 Å². The Bertz CT molecular complexity index is 412. The summed E-state index contributed by atoms with van der Waals surface area (Å²) in [6, 6.07) is -0.541. The normalized spacial score (nSPS) is 32.8. The van der Waals surface area contributed by atoms with E-state index in [1.807, 2.05) is 20.8 Å². The molecule has 3 unspecified atom stereocenters. The number of rotatable bonds is 3. The highest BCUT2D eigenvalue weighted by atomic mass is 19.4. The molecule has 1 heterocycles. The van der Waals surface area contributed by atoms with Gasteiger partial charge in [0.15, 0.2) is 0 Å². The highest BCUT2D eigenvalue weighted by Crippen LogP contribution is 2.38. The minimum absolute atomic E-state index is 0.0352. The van der Waals surface area contributed by atoms with Crippen molar-refractivity contribution in [3.8, 4) is 0 Å². The molecule has 0 aromatic heterocycles. The highest BCUT2D eigenvalue weighted by molar-refractivity contribution is 5.69. The number of hydrogen-bond acceptors (Lipinski definition) is 4. The third-order valence-electron chi connectivity index (χ3n) is 4.96. The zero-order chi connectivity index (χ0) is 19.2. The van der Waals surface area contributed by atoms with Gasteiger partial charge in [-0.05, 0) is 39.0 Å². The summed E-state index contributed by atoms with van der Waals surface area (Å²) in [6.45, 7) is 6.13. The summed E-state index contributed by atoms with van der Waals surface area (Å²) in [7, 11) is 1.31. The highest BCUT2D eigenvalue weighted by Gasteiger charge is 2.43. The lowest BCUT2D eigenvalue weighted by molar-refractivity contribution is -0.188. The van der Waals surface area contributed by atoms with Gasteiger partial charge in [-0.25, -0.2) is 4.79 Å². The summed E-state index contributed by atoms with van der Waals surface area (Å²) in [5.74, 6) is -1.22. The Hall–Kier alpha value is -1.02. The summed E-state index contributed by atoms with van der Waals surface area (Å²) in [6.07, 6.45) is -3.13. The molecule has 3 atom stereocenters. The Balaban J connectivity index is 0.00000151. The van der Waals surface area contributed by atoms with Crippen molar-refractivity contribution < 1.29 is 27.4 Å². The number of methoxy groups -OCH3 is 1. The molecule has 0 aromatic carbocycles. The van der Waals surface area contributed by atoms with Crippen molar-refractivity contribution in [1.29, 1.82) is 0 Å². The number of nitrogens with zero attached hydrogens (tertiary/aromatic N) is 1. The van der Waals surface area contributed by atoms with E-state index in [1.165, 1.54) is 7.11 Å². The molecule has 2 fully saturated rings. The Morgan fingerprint density at radius 3 is 2.24 bits per heavy atom. The number of hydrogen-bond donors (Lipinski definition) is 1. The van der Waals surface area contributed by atoms with Gasteiger partial charge < -0.3 is 15.2 Å². The molecule has 0 aromatic rings. The minimum Gasteiger partial charge on any atom is -0.453 e. The molecule has 1 amide bonds. The molecule has 1 aliphatic heterocycles. The maximum Gasteiger partial charge on any atom is 0.410 e. The lowest BCUT2D eigenvalue weighted by Gasteiger charge is -2.33. The van der Waals surface area contributed by atoms with E-state index in [2.05, 4.69) is 0 Å². The molecule has 5 nitrogen and oxygen atoms in total. The lowest BCUT2D eigenvalue weighted by Crippen LogP contribution is -2.48. The average molecular weight is 368 g/mol. The molecule has 0 bridgehead atoms. The maximum atomic E-state index is 12.7. The number of ether oxygens (including phenoxy) is 2. The minimum atomic E-state index is -4.12. The zero-order valence-corrected chi connectivity index (χ0v) is 15.5. The van der Waals surface area contributed by atoms with Crippen LogP contribution in [0.2, 0.25) is 0 Å². The van der Waals surface area contributed by atoms with Crippen molar-refractivity contribution in [2.75, 3.05) is 13.7 Å². The van der Waals surface area contributed by atoms with E-state index < -0.39 is 18.2 Å². The number of amides is 1. The van der Waals surface area contributed by atoms with Crippen LogP contribution < -0.4 is 5.73 Å². The number of nitrogens with two attached hydrogens (primary N) is 1. The summed E-state index contributed by atoms with van der Waals surface area (Å²) in [4.78, 5) is 13.4. The fraction of sp³-hybridized carbons (Fsp3) is 0.941. The lowest BCUT2D eigenvalue weighted by atomic mass is 9.87. The third-order valence-corrected chi connectivity index (χ3v) is 4.96. The van der Waals surface area contributed by atoms with E-state index in [-0.39, 0.29) is 43.7 Å². The van der Waals surface area contributed by atoms with Gasteiger partial charge in [-0.2, -0.15) is 13.2 Å². The predicted molar refractivity (Wildman–Crippen MR) is 89.2 cm³/mol. The van der Waals surface area contributed by atoms with Gasteiger partial charge in [0.05, 0.1) is 31.8 Å². The first-order chi connectivity index (χ1) is 11.7. The number of halogens is 3. The Morgan fingerprint density at radius 2 is 1.76 bits per heavy atom. The van der Waals surface area contributed by atoms with Crippen LogP contribution in [0.4, 0.5) is 18.0 Å². The van der Waals surface area contributed by atoms with E-state index in [4.69, 9.17) is 15.2 Å². The summed E-state index contributed by atoms with van der Waals surface area (Å²) >= 11 is 0. The maximum absolute atomic E-state index is 12.7. The van der Waals surface area contributed by atoms with E-state index >= 15 is 0 Å². The topological polar surface area (TPSA) is 64.8 Å². The fourth-order valence-corrected chi connectivity index (χ4v) is 3.61. The van der Waals surface area contributed by atoms with Gasteiger partial charge in [-0.1, -0.05) is 13.8 Å². The second kappa shape index (κ2) is 9.62. The van der Waals surface area contributed by atoms with Gasteiger partial charge in [0.1, 0.15) is 0 Å². The van der Waals surface area contributed by atoms with Crippen LogP contribution >= 0.6 is 0 Å². The molecular weight excluding hydrogens is 337 g/mol. The zero-order valence-electron chi connectivity index (χ0n) is 15.5. The van der Waals surface area contributed by atoms with Crippen LogP contribution in [0.5, 0.6) is 0 Å². The summed E-state index contributed by atoms with van der Waals surface area (Å²) in [5, 5.41) is 0. The quantitative estimate of drug-likeness (QED) is 0.825. The molecule has 2 aliphatic rings. The Kier molecular flexibility index (Phi) is 8.47. The van der Waals surface area contributed by atoms with Gasteiger partial charge in [0, 0.05) is 12.1 Å². The molecule has 25 heavy (non-hydrogen) atoms. The standard InChI is InChI=1S/C15H25F3N2O3.C2H6/c1-9-7-12(19)13(20(9)14(21)22-2)8-23-11-5-3-10(4-6-11)15(16,17)18;1-2/h9-13H,3-8,19H2,1-2H3;1-2H3. The van der Waals surface area contributed by atoms with Crippen LogP contribution in [0.15, 0.2) is 0 Å². The number of alkyl halides is 3. The first kappa shape index (κ1) is 22.0. The van der Waals surface area contributed by atoms with Crippen LogP contribution in [0.25, 0.3) is 0 Å². The monoisotopic (exact) mass is 368 g/mol. The fourth-order valence-electron chi connectivity index (χ4n) is 3.61. The van der Waals surface area contributed by atoms with Crippen molar-refractivity contribution in [3.05, 3.63) is 0 Å². The Labute approximate surface area is 148 Å². The number of carbonyl (C=O) groups is 1. The van der Waals surface area contributed by atoms with Crippen LogP contribution in [0.3, 0.4) is 0 Å². The molecular formula is C17H31F3N2O3. The second-order valence-electron chi connectivity index (χ2n) is 6.54. The van der Waals surface area contributed by atoms with E-state index in [0.29, 0.717) is 19.3 Å². The molecule has 1 saturated heterocycles. The molecule has 0 radical (unpaired) electrons. The van der Waals surface area contributed by atoms with E-state index in [9.17, 15) is 18.0 Å². The van der Waals surface area contributed by atoms with Crippen molar-refractivity contribution in [3.63, 3.8) is 0 Å². The SMILES string of the molecule is CC.COC(=O)N1C(C)CC(N)C1COC1CCC(C(F)(F)F)CC1. The first-order valence-electron chi connectivity index (χ1n) is 9.04. The molecule has 1 saturated carbocycles. The van der Waals surface area contributed by atoms with Gasteiger partial charge in [-0.3, -0.25) is 4.90 Å². The van der Waals surface area contributed by atoms with Crippen LogP contribution in [0, 0.1) is 5.92 Å². The number of likely N-dealkylation sites (tertiary alicyclic amines) is 1. The van der Waals surface area contributed by atoms with Crippen LogP contribution in [-0.4, -0.2) is 55.1 Å². The van der Waals surface area contributed by atoms with Gasteiger partial charge in [0.25, 0.3) is 0 Å². The summed E-state index contributed by atoms with van der Waals surface area (Å²) in [5.41, 5.74) is 6.07. The molecule has 1 aliphatic carbocycles. The van der Waals surface area contributed by atoms with Gasteiger partial charge >= 0.3 is 12.3 Å². The molecule has 8 heteroatoms. The molecule has 2 N–H and O–H groups in total. The molecule has 2 rings (SSSR count). The molecule has 148 valence electrons. The third kappa shape index (κ3) is 5.74. The van der Waals surface area contributed by atoms with Crippen LogP contribution in [0.1, 0.15) is 52.9 Å². The van der Waals surface area contributed by atoms with Crippen molar-refractivity contribution >= 4 is 6.09 Å². The smallest absolute Gasteiger partial charge is 0.410 e. The van der Waals surface area contributed by atoms with Crippen molar-refractivity contribution in [2.24, 2.45) is 11.7 Å². The molecule has 0 spiro atoms. The first-order valence-corrected chi connectivity index (χ1v) is 9.04. The second-order valence-corrected chi connectivity index (χ2v) is 6.54. The van der Waals surface area contributed by atoms with E-state index in [1.54, 1.807) is 4.90 Å². The van der Waals surface area contributed by atoms with Crippen molar-refractivity contribution in [1.82, 2.24) is 4.90 Å². The largest absolute Gasteiger partial charge is 0.453 e. The van der Waals surface area contributed by atoms with Gasteiger partial charge in [0.2, 0.25) is 0 Å². The van der Waals surface area contributed by atoms with Crippen LogP contribution in [-0.2, 0) is 9.47 Å².